The SMILES string of the molecule is NCc1cccc(F)c1N(CCO)C1CC1. The van der Waals surface area contributed by atoms with Crippen molar-refractivity contribution in [2.45, 2.75) is 25.4 Å². The van der Waals surface area contributed by atoms with E-state index in [4.69, 9.17) is 10.8 Å². The Hall–Kier alpha value is -1.13. The largest absolute Gasteiger partial charge is 0.395 e. The Morgan fingerprint density at radius 2 is 2.19 bits per heavy atom. The number of aliphatic hydroxyl groups excluding tert-OH is 1. The zero-order chi connectivity index (χ0) is 11.5. The second kappa shape index (κ2) is 4.80. The first kappa shape index (κ1) is 11.4. The van der Waals surface area contributed by atoms with Crippen LogP contribution in [0, 0.1) is 5.82 Å². The topological polar surface area (TPSA) is 49.5 Å². The summed E-state index contributed by atoms with van der Waals surface area (Å²) in [6, 6.07) is 5.33. The van der Waals surface area contributed by atoms with E-state index in [2.05, 4.69) is 0 Å². The highest BCUT2D eigenvalue weighted by atomic mass is 19.1. The van der Waals surface area contributed by atoms with Crippen LogP contribution in [0.4, 0.5) is 10.1 Å². The second-order valence-electron chi connectivity index (χ2n) is 4.10. The normalized spacial score (nSPS) is 15.2. The van der Waals surface area contributed by atoms with Crippen molar-refractivity contribution < 1.29 is 9.50 Å². The van der Waals surface area contributed by atoms with Crippen molar-refractivity contribution in [1.29, 1.82) is 0 Å². The molecule has 2 rings (SSSR count). The molecule has 1 saturated carbocycles. The number of halogens is 1. The summed E-state index contributed by atoms with van der Waals surface area (Å²) in [6.45, 7) is 0.829. The summed E-state index contributed by atoms with van der Waals surface area (Å²) in [6.07, 6.45) is 2.14. The molecule has 16 heavy (non-hydrogen) atoms. The van der Waals surface area contributed by atoms with Gasteiger partial charge in [0.2, 0.25) is 0 Å². The van der Waals surface area contributed by atoms with Gasteiger partial charge in [-0.1, -0.05) is 12.1 Å². The highest BCUT2D eigenvalue weighted by Gasteiger charge is 2.31. The van der Waals surface area contributed by atoms with Gasteiger partial charge in [-0.3, -0.25) is 0 Å². The van der Waals surface area contributed by atoms with Gasteiger partial charge in [0.05, 0.1) is 12.3 Å². The Morgan fingerprint density at radius 3 is 2.75 bits per heavy atom. The number of para-hydroxylation sites is 1. The minimum Gasteiger partial charge on any atom is -0.395 e. The molecule has 0 unspecified atom stereocenters. The molecule has 0 aliphatic heterocycles. The van der Waals surface area contributed by atoms with E-state index < -0.39 is 0 Å². The molecule has 0 aromatic heterocycles. The summed E-state index contributed by atoms with van der Waals surface area (Å²) in [5.74, 6) is -0.247. The van der Waals surface area contributed by atoms with Gasteiger partial charge in [-0.15, -0.1) is 0 Å². The van der Waals surface area contributed by atoms with Crippen molar-refractivity contribution in [2.24, 2.45) is 5.73 Å². The van der Waals surface area contributed by atoms with Gasteiger partial charge in [-0.05, 0) is 24.5 Å². The maximum Gasteiger partial charge on any atom is 0.146 e. The number of anilines is 1. The van der Waals surface area contributed by atoms with Crippen LogP contribution >= 0.6 is 0 Å². The Labute approximate surface area is 94.7 Å². The summed E-state index contributed by atoms with van der Waals surface area (Å²) >= 11 is 0. The van der Waals surface area contributed by atoms with E-state index >= 15 is 0 Å². The Balaban J connectivity index is 2.34. The molecule has 3 N–H and O–H groups in total. The fourth-order valence-electron chi connectivity index (χ4n) is 2.02. The van der Waals surface area contributed by atoms with Crippen LogP contribution in [0.15, 0.2) is 18.2 Å². The second-order valence-corrected chi connectivity index (χ2v) is 4.10. The summed E-state index contributed by atoms with van der Waals surface area (Å²) in [7, 11) is 0. The van der Waals surface area contributed by atoms with Gasteiger partial charge in [-0.25, -0.2) is 4.39 Å². The molecule has 3 nitrogen and oxygen atoms in total. The van der Waals surface area contributed by atoms with Gasteiger partial charge in [0.15, 0.2) is 0 Å². The number of nitrogens with two attached hydrogens (primary N) is 1. The van der Waals surface area contributed by atoms with Crippen LogP contribution < -0.4 is 10.6 Å². The number of nitrogens with zero attached hydrogens (tertiary/aromatic N) is 1. The summed E-state index contributed by atoms with van der Waals surface area (Å²) in [5, 5.41) is 9.03. The van der Waals surface area contributed by atoms with Crippen molar-refractivity contribution in [3.05, 3.63) is 29.6 Å². The molecule has 0 spiro atoms. The van der Waals surface area contributed by atoms with Gasteiger partial charge in [0, 0.05) is 19.1 Å². The van der Waals surface area contributed by atoms with Crippen molar-refractivity contribution in [1.82, 2.24) is 0 Å². The van der Waals surface area contributed by atoms with Gasteiger partial charge >= 0.3 is 0 Å². The lowest BCUT2D eigenvalue weighted by atomic mass is 10.1. The van der Waals surface area contributed by atoms with Crippen molar-refractivity contribution >= 4 is 5.69 Å². The fraction of sp³-hybridized carbons (Fsp3) is 0.500. The maximum absolute atomic E-state index is 13.8. The van der Waals surface area contributed by atoms with Gasteiger partial charge in [-0.2, -0.15) is 0 Å². The van der Waals surface area contributed by atoms with Crippen molar-refractivity contribution in [2.75, 3.05) is 18.1 Å². The molecule has 4 heteroatoms. The average molecular weight is 224 g/mol. The van der Waals surface area contributed by atoms with Crippen LogP contribution in [0.2, 0.25) is 0 Å². The lowest BCUT2D eigenvalue weighted by Gasteiger charge is -2.26. The predicted molar refractivity (Wildman–Crippen MR) is 61.7 cm³/mol. The van der Waals surface area contributed by atoms with Crippen molar-refractivity contribution in [3.63, 3.8) is 0 Å². The first-order valence-corrected chi connectivity index (χ1v) is 5.63. The van der Waals surface area contributed by atoms with Gasteiger partial charge in [0.1, 0.15) is 5.82 Å². The number of hydrogen-bond acceptors (Lipinski definition) is 3. The lowest BCUT2D eigenvalue weighted by molar-refractivity contribution is 0.301. The molecule has 1 aromatic carbocycles. The maximum atomic E-state index is 13.8. The lowest BCUT2D eigenvalue weighted by Crippen LogP contribution is -2.31. The van der Waals surface area contributed by atoms with Crippen LogP contribution in [-0.4, -0.2) is 24.3 Å². The third-order valence-corrected chi connectivity index (χ3v) is 2.91. The van der Waals surface area contributed by atoms with E-state index in [1.807, 2.05) is 11.0 Å². The van der Waals surface area contributed by atoms with E-state index in [-0.39, 0.29) is 12.4 Å². The van der Waals surface area contributed by atoms with Crippen molar-refractivity contribution in [3.8, 4) is 0 Å². The first-order chi connectivity index (χ1) is 7.77. The summed E-state index contributed by atoms with van der Waals surface area (Å²) in [5.41, 5.74) is 6.99. The van der Waals surface area contributed by atoms with E-state index in [0.717, 1.165) is 18.4 Å². The van der Waals surface area contributed by atoms with Gasteiger partial charge in [0.25, 0.3) is 0 Å². The van der Waals surface area contributed by atoms with E-state index in [0.29, 0.717) is 24.8 Å². The van der Waals surface area contributed by atoms with E-state index in [1.54, 1.807) is 6.07 Å². The van der Waals surface area contributed by atoms with Crippen LogP contribution in [-0.2, 0) is 6.54 Å². The van der Waals surface area contributed by atoms with Crippen LogP contribution in [0.25, 0.3) is 0 Å². The molecular formula is C12H17FN2O. The quantitative estimate of drug-likeness (QED) is 0.791. The third-order valence-electron chi connectivity index (χ3n) is 2.91. The smallest absolute Gasteiger partial charge is 0.146 e. The van der Waals surface area contributed by atoms with E-state index in [9.17, 15) is 4.39 Å². The molecule has 0 atom stereocenters. The molecule has 1 aromatic rings. The predicted octanol–water partition coefficient (Wildman–Crippen LogP) is 1.25. The standard InChI is InChI=1S/C12H17FN2O/c13-11-3-1-2-9(8-14)12(11)15(6-7-16)10-4-5-10/h1-3,10,16H,4-8,14H2. The average Bonchev–Trinajstić information content (AvgIpc) is 3.10. The molecule has 0 saturated heterocycles. The number of benzene rings is 1. The molecule has 88 valence electrons. The molecule has 1 aliphatic rings. The number of hydrogen-bond donors (Lipinski definition) is 2. The zero-order valence-electron chi connectivity index (χ0n) is 9.19. The molecule has 0 heterocycles. The molecule has 0 amide bonds. The first-order valence-electron chi connectivity index (χ1n) is 5.63. The summed E-state index contributed by atoms with van der Waals surface area (Å²) in [4.78, 5) is 1.94. The third kappa shape index (κ3) is 2.18. The van der Waals surface area contributed by atoms with Crippen LogP contribution in [0.1, 0.15) is 18.4 Å². The highest BCUT2D eigenvalue weighted by Crippen LogP contribution is 2.34. The minimum atomic E-state index is -0.247. The van der Waals surface area contributed by atoms with E-state index in [1.165, 1.54) is 6.07 Å². The highest BCUT2D eigenvalue weighted by molar-refractivity contribution is 5.56. The van der Waals surface area contributed by atoms with Crippen LogP contribution in [0.3, 0.4) is 0 Å². The molecule has 1 aliphatic carbocycles. The minimum absolute atomic E-state index is 0.0366. The Kier molecular flexibility index (Phi) is 3.41. The monoisotopic (exact) mass is 224 g/mol. The molecule has 0 bridgehead atoms. The number of aliphatic hydroxyl groups is 1. The number of rotatable bonds is 5. The van der Waals surface area contributed by atoms with Crippen LogP contribution in [0.5, 0.6) is 0 Å². The molecular weight excluding hydrogens is 207 g/mol. The molecule has 0 radical (unpaired) electrons. The fourth-order valence-corrected chi connectivity index (χ4v) is 2.02. The summed E-state index contributed by atoms with van der Waals surface area (Å²) < 4.78 is 13.8. The Bertz CT molecular complexity index is 366. The molecule has 1 fully saturated rings. The van der Waals surface area contributed by atoms with Gasteiger partial charge < -0.3 is 15.7 Å². The zero-order valence-corrected chi connectivity index (χ0v) is 9.19. The Morgan fingerprint density at radius 1 is 1.44 bits per heavy atom.